The minimum Gasteiger partial charge on any atom is -0.444 e. The molecule has 80 valence electrons. The zero-order chi connectivity index (χ0) is 10.8. The smallest absolute Gasteiger partial charge is 0.410 e. The third-order valence-corrected chi connectivity index (χ3v) is 1.95. The van der Waals surface area contributed by atoms with E-state index in [1.54, 1.807) is 4.90 Å². The van der Waals surface area contributed by atoms with Crippen LogP contribution < -0.4 is 0 Å². The normalized spacial score (nSPS) is 22.3. The summed E-state index contributed by atoms with van der Waals surface area (Å²) in [6.07, 6.45) is 3.92. The average Bonchev–Trinajstić information content (AvgIpc) is 2.01. The molecule has 1 unspecified atom stereocenters. The third kappa shape index (κ3) is 3.40. The molecule has 0 N–H and O–H groups in total. The van der Waals surface area contributed by atoms with E-state index in [1.807, 2.05) is 26.8 Å². The number of carbonyl (C=O) groups is 1. The van der Waals surface area contributed by atoms with Gasteiger partial charge in [0.05, 0.1) is 0 Å². The molecule has 0 fully saturated rings. The highest BCUT2D eigenvalue weighted by atomic mass is 16.6. The van der Waals surface area contributed by atoms with Gasteiger partial charge in [-0.25, -0.2) is 4.79 Å². The number of hydrogen-bond donors (Lipinski definition) is 0. The van der Waals surface area contributed by atoms with Gasteiger partial charge in [-0.05, 0) is 26.7 Å². The maximum Gasteiger partial charge on any atom is 0.410 e. The second-order valence-corrected chi connectivity index (χ2v) is 4.79. The number of amides is 1. The number of nitrogens with zero attached hydrogens (tertiary/aromatic N) is 1. The van der Waals surface area contributed by atoms with Crippen molar-refractivity contribution < 1.29 is 9.53 Å². The van der Waals surface area contributed by atoms with Gasteiger partial charge in [0.15, 0.2) is 0 Å². The van der Waals surface area contributed by atoms with Crippen LogP contribution >= 0.6 is 0 Å². The summed E-state index contributed by atoms with van der Waals surface area (Å²) in [6.45, 7) is 9.16. The van der Waals surface area contributed by atoms with E-state index < -0.39 is 5.60 Å². The first-order valence-corrected chi connectivity index (χ1v) is 5.03. The summed E-state index contributed by atoms with van der Waals surface area (Å²) in [5, 5.41) is 0. The van der Waals surface area contributed by atoms with Crippen LogP contribution in [0.5, 0.6) is 0 Å². The SMILES string of the molecule is CC1C=CCN(C(=O)OC(C)(C)C)C1. The Hall–Kier alpha value is -0.990. The molecule has 14 heavy (non-hydrogen) atoms. The molecular weight excluding hydrogens is 178 g/mol. The van der Waals surface area contributed by atoms with Gasteiger partial charge in [0.2, 0.25) is 0 Å². The lowest BCUT2D eigenvalue weighted by Crippen LogP contribution is -2.40. The molecule has 0 aromatic carbocycles. The molecule has 1 atom stereocenters. The average molecular weight is 197 g/mol. The van der Waals surface area contributed by atoms with Crippen LogP contribution in [0, 0.1) is 5.92 Å². The molecule has 0 spiro atoms. The summed E-state index contributed by atoms with van der Waals surface area (Å²) in [4.78, 5) is 13.4. The topological polar surface area (TPSA) is 29.5 Å². The molecule has 0 saturated heterocycles. The van der Waals surface area contributed by atoms with Crippen molar-refractivity contribution in [2.24, 2.45) is 5.92 Å². The van der Waals surface area contributed by atoms with E-state index in [2.05, 4.69) is 13.0 Å². The quantitative estimate of drug-likeness (QED) is 0.558. The Balaban J connectivity index is 2.50. The Morgan fingerprint density at radius 3 is 2.64 bits per heavy atom. The number of carbonyl (C=O) groups excluding carboxylic acids is 1. The Bertz CT molecular complexity index is 240. The molecule has 0 bridgehead atoms. The second kappa shape index (κ2) is 4.03. The van der Waals surface area contributed by atoms with Gasteiger partial charge >= 0.3 is 6.09 Å². The minimum absolute atomic E-state index is 0.214. The summed E-state index contributed by atoms with van der Waals surface area (Å²) in [6, 6.07) is 0. The third-order valence-electron chi connectivity index (χ3n) is 1.95. The highest BCUT2D eigenvalue weighted by Gasteiger charge is 2.23. The van der Waals surface area contributed by atoms with Crippen LogP contribution in [0.3, 0.4) is 0 Å². The van der Waals surface area contributed by atoms with E-state index in [4.69, 9.17) is 4.74 Å². The molecule has 3 heteroatoms. The van der Waals surface area contributed by atoms with Crippen LogP contribution in [-0.4, -0.2) is 29.7 Å². The maximum absolute atomic E-state index is 11.6. The lowest BCUT2D eigenvalue weighted by molar-refractivity contribution is 0.0248. The van der Waals surface area contributed by atoms with Crippen molar-refractivity contribution in [3.63, 3.8) is 0 Å². The van der Waals surface area contributed by atoms with Crippen molar-refractivity contribution in [1.82, 2.24) is 4.90 Å². The molecule has 0 aromatic heterocycles. The zero-order valence-corrected chi connectivity index (χ0v) is 9.41. The molecular formula is C11H19NO2. The summed E-state index contributed by atoms with van der Waals surface area (Å²) in [7, 11) is 0. The van der Waals surface area contributed by atoms with Crippen molar-refractivity contribution >= 4 is 6.09 Å². The van der Waals surface area contributed by atoms with Gasteiger partial charge < -0.3 is 9.64 Å². The number of ether oxygens (including phenoxy) is 1. The Labute approximate surface area is 85.7 Å². The molecule has 3 nitrogen and oxygen atoms in total. The van der Waals surface area contributed by atoms with E-state index in [9.17, 15) is 4.79 Å². The molecule has 0 radical (unpaired) electrons. The lowest BCUT2D eigenvalue weighted by Gasteiger charge is -2.30. The van der Waals surface area contributed by atoms with Crippen LogP contribution in [-0.2, 0) is 4.74 Å². The van der Waals surface area contributed by atoms with Gasteiger partial charge in [-0.1, -0.05) is 19.1 Å². The fraction of sp³-hybridized carbons (Fsp3) is 0.727. The van der Waals surface area contributed by atoms with Crippen molar-refractivity contribution in [3.05, 3.63) is 12.2 Å². The van der Waals surface area contributed by atoms with Crippen LogP contribution in [0.15, 0.2) is 12.2 Å². The van der Waals surface area contributed by atoms with Gasteiger partial charge in [-0.15, -0.1) is 0 Å². The molecule has 1 amide bonds. The van der Waals surface area contributed by atoms with Crippen LogP contribution in [0.4, 0.5) is 4.79 Å². The summed E-state index contributed by atoms with van der Waals surface area (Å²) >= 11 is 0. The van der Waals surface area contributed by atoms with E-state index in [1.165, 1.54) is 0 Å². The Morgan fingerprint density at radius 1 is 1.50 bits per heavy atom. The van der Waals surface area contributed by atoms with Gasteiger partial charge in [0.25, 0.3) is 0 Å². The number of hydrogen-bond acceptors (Lipinski definition) is 2. The Morgan fingerprint density at radius 2 is 2.14 bits per heavy atom. The predicted octanol–water partition coefficient (Wildman–Crippen LogP) is 2.43. The summed E-state index contributed by atoms with van der Waals surface area (Å²) in [5.41, 5.74) is -0.401. The lowest BCUT2D eigenvalue weighted by atomic mass is 10.1. The molecule has 0 aromatic rings. The summed E-state index contributed by atoms with van der Waals surface area (Å²) in [5.74, 6) is 0.427. The Kier molecular flexibility index (Phi) is 3.19. The van der Waals surface area contributed by atoms with E-state index in [0.717, 1.165) is 6.54 Å². The minimum atomic E-state index is -0.401. The van der Waals surface area contributed by atoms with E-state index in [0.29, 0.717) is 12.5 Å². The van der Waals surface area contributed by atoms with Crippen LogP contribution in [0.1, 0.15) is 27.7 Å². The molecule has 1 aliphatic rings. The molecule has 1 heterocycles. The van der Waals surface area contributed by atoms with Crippen molar-refractivity contribution in [2.75, 3.05) is 13.1 Å². The first kappa shape index (κ1) is 11.1. The van der Waals surface area contributed by atoms with Gasteiger partial charge in [0.1, 0.15) is 5.60 Å². The van der Waals surface area contributed by atoms with Gasteiger partial charge in [0, 0.05) is 13.1 Å². The largest absolute Gasteiger partial charge is 0.444 e. The van der Waals surface area contributed by atoms with Gasteiger partial charge in [-0.2, -0.15) is 0 Å². The van der Waals surface area contributed by atoms with Crippen molar-refractivity contribution in [1.29, 1.82) is 0 Å². The highest BCUT2D eigenvalue weighted by molar-refractivity contribution is 5.68. The molecule has 0 saturated carbocycles. The molecule has 1 aliphatic heterocycles. The standard InChI is InChI=1S/C11H19NO2/c1-9-6-5-7-12(8-9)10(13)14-11(2,3)4/h5-6,9H,7-8H2,1-4H3. The van der Waals surface area contributed by atoms with Crippen LogP contribution in [0.25, 0.3) is 0 Å². The first-order valence-electron chi connectivity index (χ1n) is 5.03. The molecule has 0 aliphatic carbocycles. The molecule has 1 rings (SSSR count). The summed E-state index contributed by atoms with van der Waals surface area (Å²) < 4.78 is 5.28. The fourth-order valence-electron chi connectivity index (χ4n) is 1.38. The van der Waals surface area contributed by atoms with E-state index in [-0.39, 0.29) is 6.09 Å². The highest BCUT2D eigenvalue weighted by Crippen LogP contribution is 2.14. The maximum atomic E-state index is 11.6. The predicted molar refractivity (Wildman–Crippen MR) is 56.1 cm³/mol. The monoisotopic (exact) mass is 197 g/mol. The van der Waals surface area contributed by atoms with E-state index >= 15 is 0 Å². The van der Waals surface area contributed by atoms with Crippen molar-refractivity contribution in [3.8, 4) is 0 Å². The van der Waals surface area contributed by atoms with Crippen molar-refractivity contribution in [2.45, 2.75) is 33.3 Å². The second-order valence-electron chi connectivity index (χ2n) is 4.79. The zero-order valence-electron chi connectivity index (χ0n) is 9.41. The van der Waals surface area contributed by atoms with Gasteiger partial charge in [-0.3, -0.25) is 0 Å². The number of rotatable bonds is 0. The fourth-order valence-corrected chi connectivity index (χ4v) is 1.38. The van der Waals surface area contributed by atoms with Crippen LogP contribution in [0.2, 0.25) is 0 Å². The first-order chi connectivity index (χ1) is 6.38.